The van der Waals surface area contributed by atoms with Gasteiger partial charge in [0.15, 0.2) is 9.84 Å². The summed E-state index contributed by atoms with van der Waals surface area (Å²) in [6, 6.07) is 0. The highest BCUT2D eigenvalue weighted by Crippen LogP contribution is 2.49. The Hall–Kier alpha value is -0.0900. The van der Waals surface area contributed by atoms with Crippen molar-refractivity contribution in [2.75, 3.05) is 18.1 Å². The van der Waals surface area contributed by atoms with Gasteiger partial charge < -0.3 is 4.74 Å². The molecule has 0 aromatic heterocycles. The van der Waals surface area contributed by atoms with Crippen LogP contribution in [-0.4, -0.2) is 32.6 Å². The molecule has 1 aliphatic carbocycles. The molecular formula is C8H12O3S. The SMILES string of the molecule is O=S1(=O)C[C@@H]2[C@H]3CO[C@@H](C3)[C@H]2C1. The molecular weight excluding hydrogens is 176 g/mol. The molecule has 3 fully saturated rings. The van der Waals surface area contributed by atoms with Crippen LogP contribution in [0.25, 0.3) is 0 Å². The fourth-order valence-corrected chi connectivity index (χ4v) is 5.34. The van der Waals surface area contributed by atoms with Crippen molar-refractivity contribution >= 4 is 9.84 Å². The van der Waals surface area contributed by atoms with Crippen LogP contribution >= 0.6 is 0 Å². The molecule has 68 valence electrons. The van der Waals surface area contributed by atoms with Gasteiger partial charge in [-0.25, -0.2) is 8.42 Å². The quantitative estimate of drug-likeness (QED) is 0.540. The van der Waals surface area contributed by atoms with Crippen LogP contribution in [0, 0.1) is 17.8 Å². The fourth-order valence-electron chi connectivity index (χ4n) is 3.05. The maximum atomic E-state index is 11.3. The smallest absolute Gasteiger partial charge is 0.150 e. The molecule has 4 atom stereocenters. The molecule has 0 radical (unpaired) electrons. The molecule has 4 heteroatoms. The first kappa shape index (κ1) is 7.33. The number of hydrogen-bond acceptors (Lipinski definition) is 3. The summed E-state index contributed by atoms with van der Waals surface area (Å²) in [5, 5.41) is 0. The van der Waals surface area contributed by atoms with Crippen LogP contribution in [0.4, 0.5) is 0 Å². The average molecular weight is 188 g/mol. The van der Waals surface area contributed by atoms with E-state index in [1.54, 1.807) is 0 Å². The number of ether oxygens (including phenoxy) is 1. The molecule has 3 aliphatic rings. The molecule has 3 rings (SSSR count). The van der Waals surface area contributed by atoms with E-state index in [9.17, 15) is 8.42 Å². The van der Waals surface area contributed by atoms with Crippen molar-refractivity contribution in [2.45, 2.75) is 12.5 Å². The number of fused-ring (bicyclic) bond motifs is 5. The van der Waals surface area contributed by atoms with E-state index in [-0.39, 0.29) is 6.10 Å². The van der Waals surface area contributed by atoms with Gasteiger partial charge in [0.05, 0.1) is 24.2 Å². The zero-order valence-electron chi connectivity index (χ0n) is 6.77. The third-order valence-corrected chi connectivity index (χ3v) is 5.37. The Kier molecular flexibility index (Phi) is 1.25. The van der Waals surface area contributed by atoms with Crippen LogP contribution in [0.2, 0.25) is 0 Å². The van der Waals surface area contributed by atoms with Gasteiger partial charge in [0.25, 0.3) is 0 Å². The van der Waals surface area contributed by atoms with Gasteiger partial charge in [-0.3, -0.25) is 0 Å². The highest BCUT2D eigenvalue weighted by Gasteiger charge is 2.55. The fraction of sp³-hybridized carbons (Fsp3) is 1.00. The minimum Gasteiger partial charge on any atom is -0.378 e. The van der Waals surface area contributed by atoms with Gasteiger partial charge in [-0.2, -0.15) is 0 Å². The van der Waals surface area contributed by atoms with E-state index in [2.05, 4.69) is 0 Å². The number of sulfone groups is 1. The number of hydrogen-bond donors (Lipinski definition) is 0. The second kappa shape index (κ2) is 2.04. The Morgan fingerprint density at radius 1 is 1.17 bits per heavy atom. The molecule has 0 aromatic carbocycles. The highest BCUT2D eigenvalue weighted by atomic mass is 32.2. The van der Waals surface area contributed by atoms with Crippen LogP contribution in [0.5, 0.6) is 0 Å². The lowest BCUT2D eigenvalue weighted by Crippen LogP contribution is -2.27. The molecule has 2 aliphatic heterocycles. The van der Waals surface area contributed by atoms with E-state index in [4.69, 9.17) is 4.74 Å². The molecule has 1 saturated carbocycles. The van der Waals surface area contributed by atoms with E-state index >= 15 is 0 Å². The van der Waals surface area contributed by atoms with Crippen LogP contribution in [-0.2, 0) is 14.6 Å². The Bertz CT molecular complexity index is 284. The van der Waals surface area contributed by atoms with E-state index in [1.165, 1.54) is 0 Å². The normalized spacial score (nSPS) is 54.3. The first-order valence-electron chi connectivity index (χ1n) is 4.48. The monoisotopic (exact) mass is 188 g/mol. The summed E-state index contributed by atoms with van der Waals surface area (Å²) in [5.41, 5.74) is 0. The third kappa shape index (κ3) is 0.823. The Morgan fingerprint density at radius 2 is 1.92 bits per heavy atom. The molecule has 2 heterocycles. The minimum atomic E-state index is -2.71. The summed E-state index contributed by atoms with van der Waals surface area (Å²) >= 11 is 0. The first-order valence-corrected chi connectivity index (χ1v) is 6.30. The Morgan fingerprint density at radius 3 is 2.67 bits per heavy atom. The van der Waals surface area contributed by atoms with E-state index in [0.717, 1.165) is 13.0 Å². The van der Waals surface area contributed by atoms with Gasteiger partial charge in [-0.15, -0.1) is 0 Å². The number of rotatable bonds is 0. The van der Waals surface area contributed by atoms with Crippen molar-refractivity contribution in [2.24, 2.45) is 17.8 Å². The van der Waals surface area contributed by atoms with Crippen molar-refractivity contribution in [1.29, 1.82) is 0 Å². The summed E-state index contributed by atoms with van der Waals surface area (Å²) in [5.74, 6) is 2.15. The summed E-state index contributed by atoms with van der Waals surface area (Å²) in [6.45, 7) is 0.807. The van der Waals surface area contributed by atoms with Crippen molar-refractivity contribution in [3.8, 4) is 0 Å². The van der Waals surface area contributed by atoms with Crippen LogP contribution in [0.1, 0.15) is 6.42 Å². The van der Waals surface area contributed by atoms with Crippen molar-refractivity contribution in [3.63, 3.8) is 0 Å². The van der Waals surface area contributed by atoms with E-state index in [0.29, 0.717) is 29.3 Å². The van der Waals surface area contributed by atoms with E-state index in [1.807, 2.05) is 0 Å². The predicted molar refractivity (Wildman–Crippen MR) is 43.5 cm³/mol. The van der Waals surface area contributed by atoms with Gasteiger partial charge in [-0.05, 0) is 18.3 Å². The van der Waals surface area contributed by atoms with Gasteiger partial charge >= 0.3 is 0 Å². The van der Waals surface area contributed by atoms with Crippen molar-refractivity contribution in [3.05, 3.63) is 0 Å². The summed E-state index contributed by atoms with van der Waals surface area (Å²) in [6.07, 6.45) is 1.39. The van der Waals surface area contributed by atoms with Crippen LogP contribution < -0.4 is 0 Å². The minimum absolute atomic E-state index is 0.275. The maximum absolute atomic E-state index is 11.3. The van der Waals surface area contributed by atoms with E-state index < -0.39 is 9.84 Å². The van der Waals surface area contributed by atoms with Gasteiger partial charge in [0.2, 0.25) is 0 Å². The van der Waals surface area contributed by atoms with Crippen LogP contribution in [0.15, 0.2) is 0 Å². The van der Waals surface area contributed by atoms with Crippen LogP contribution in [0.3, 0.4) is 0 Å². The third-order valence-electron chi connectivity index (χ3n) is 3.59. The maximum Gasteiger partial charge on any atom is 0.150 e. The Balaban J connectivity index is 1.97. The van der Waals surface area contributed by atoms with Gasteiger partial charge in [-0.1, -0.05) is 0 Å². The molecule has 2 bridgehead atoms. The zero-order valence-corrected chi connectivity index (χ0v) is 7.59. The second-order valence-electron chi connectivity index (χ2n) is 4.27. The topological polar surface area (TPSA) is 43.4 Å². The lowest BCUT2D eigenvalue weighted by atomic mass is 9.91. The van der Waals surface area contributed by atoms with Gasteiger partial charge in [0.1, 0.15) is 0 Å². The molecule has 2 saturated heterocycles. The summed E-state index contributed by atoms with van der Waals surface area (Å²) < 4.78 is 28.1. The lowest BCUT2D eigenvalue weighted by Gasteiger charge is -2.22. The highest BCUT2D eigenvalue weighted by molar-refractivity contribution is 7.91. The predicted octanol–water partition coefficient (Wildman–Crippen LogP) is 0.0659. The van der Waals surface area contributed by atoms with Gasteiger partial charge in [0, 0.05) is 5.92 Å². The molecule has 0 aromatic rings. The van der Waals surface area contributed by atoms with Crippen molar-refractivity contribution in [1.82, 2.24) is 0 Å². The molecule has 0 N–H and O–H groups in total. The standard InChI is InChI=1S/C8H12O3S/c9-12(10)3-6-5-1-8(11-2-5)7(6)4-12/h5-8H,1-4H2/t5-,6-,7+,8+/m1/s1. The first-order chi connectivity index (χ1) is 5.66. The second-order valence-corrected chi connectivity index (χ2v) is 6.43. The molecule has 0 spiro atoms. The average Bonchev–Trinajstić information content (AvgIpc) is 2.54. The molecule has 12 heavy (non-hydrogen) atoms. The molecule has 0 amide bonds. The summed E-state index contributed by atoms with van der Waals surface area (Å²) in [7, 11) is -2.71. The molecule has 0 unspecified atom stereocenters. The zero-order chi connectivity index (χ0) is 8.34. The molecule has 3 nitrogen and oxygen atoms in total. The summed E-state index contributed by atoms with van der Waals surface area (Å²) in [4.78, 5) is 0. The lowest BCUT2D eigenvalue weighted by molar-refractivity contribution is 0.0215. The Labute approximate surface area is 72.0 Å². The largest absolute Gasteiger partial charge is 0.378 e. The van der Waals surface area contributed by atoms with Crippen molar-refractivity contribution < 1.29 is 13.2 Å².